The van der Waals surface area contributed by atoms with Crippen LogP contribution in [0.1, 0.15) is 109 Å². The van der Waals surface area contributed by atoms with Crippen LogP contribution in [0.3, 0.4) is 0 Å². The molecule has 8 heteroatoms. The van der Waals surface area contributed by atoms with E-state index >= 15 is 0 Å². The number of carboxylic acid groups (broad SMARTS) is 1. The van der Waals surface area contributed by atoms with E-state index in [1.807, 2.05) is 0 Å². The third-order valence-electron chi connectivity index (χ3n) is 15.1. The molecule has 45 heavy (non-hydrogen) atoms. The van der Waals surface area contributed by atoms with Crippen molar-refractivity contribution < 1.29 is 29.5 Å². The molecule has 8 nitrogen and oxygen atoms in total. The summed E-state index contributed by atoms with van der Waals surface area (Å²) in [5.74, 6) is 0.0450. The molecule has 0 aromatic heterocycles. The molecule has 0 radical (unpaired) electrons. The van der Waals surface area contributed by atoms with Gasteiger partial charge in [0, 0.05) is 17.5 Å². The maximum Gasteiger partial charge on any atom is 0.338 e. The van der Waals surface area contributed by atoms with E-state index in [0.29, 0.717) is 18.3 Å². The molecule has 5 fully saturated rings. The number of aliphatic hydroxyl groups is 1. The number of benzene rings is 1. The number of esters is 1. The molecule has 1 aromatic carbocycles. The van der Waals surface area contributed by atoms with E-state index in [9.17, 15) is 29.9 Å². The van der Waals surface area contributed by atoms with E-state index in [1.54, 1.807) is 0 Å². The van der Waals surface area contributed by atoms with Crippen LogP contribution in [0, 0.1) is 66.8 Å². The summed E-state index contributed by atoms with van der Waals surface area (Å²) in [5, 5.41) is 33.4. The number of nitro benzene ring substituents is 1. The summed E-state index contributed by atoms with van der Waals surface area (Å²) in [5.41, 5.74) is -0.225. The predicted octanol–water partition coefficient (Wildman–Crippen LogP) is 7.83. The first-order valence-electron chi connectivity index (χ1n) is 17.0. The number of non-ortho nitro benzene ring substituents is 1. The average molecular weight is 622 g/mol. The first kappa shape index (κ1) is 32.2. The van der Waals surface area contributed by atoms with Gasteiger partial charge in [-0.1, -0.05) is 45.9 Å². The third-order valence-corrected chi connectivity index (χ3v) is 15.1. The van der Waals surface area contributed by atoms with Crippen molar-refractivity contribution in [3.63, 3.8) is 0 Å². The summed E-state index contributed by atoms with van der Waals surface area (Å²) >= 11 is 0. The molecule has 11 atom stereocenters. The number of nitrogens with zero attached hydrogens (tertiary/aromatic N) is 1. The molecule has 0 amide bonds. The van der Waals surface area contributed by atoms with Crippen molar-refractivity contribution in [2.45, 2.75) is 105 Å². The monoisotopic (exact) mass is 621 g/mol. The van der Waals surface area contributed by atoms with Gasteiger partial charge >= 0.3 is 11.9 Å². The van der Waals surface area contributed by atoms with Crippen LogP contribution in [0.4, 0.5) is 5.69 Å². The number of nitro groups is 1. The second kappa shape index (κ2) is 10.6. The Morgan fingerprint density at radius 3 is 2.38 bits per heavy atom. The van der Waals surface area contributed by atoms with Gasteiger partial charge in [-0.25, -0.2) is 4.79 Å². The standard InChI is InChI=1S/C37H51NO7/c1-22(2)25-12-17-37(32(41)42)19-18-35(5)26(30(25)37)10-11-28-33(3)15-14-29(39)34(4,27(33)13-16-36(28,35)6)21-45-31(40)23-8-7-9-24(20-23)38(43)44/h7-9,20,25-30,39H,1,10-19,21H2,2-6H3,(H,41,42)/t25-,26+,27+,28+,29-,30+,33-,34-,35+,36+,37-/m0/s1. The highest BCUT2D eigenvalue weighted by Crippen LogP contribution is 2.77. The van der Waals surface area contributed by atoms with E-state index in [1.165, 1.54) is 24.3 Å². The van der Waals surface area contributed by atoms with Gasteiger partial charge < -0.3 is 14.9 Å². The van der Waals surface area contributed by atoms with Gasteiger partial charge in [0.05, 0.1) is 28.6 Å². The number of rotatable bonds is 6. The lowest BCUT2D eigenvalue weighted by molar-refractivity contribution is -0.384. The molecule has 0 spiro atoms. The fourth-order valence-corrected chi connectivity index (χ4v) is 12.6. The summed E-state index contributed by atoms with van der Waals surface area (Å²) < 4.78 is 5.87. The zero-order valence-electron chi connectivity index (χ0n) is 27.6. The zero-order chi connectivity index (χ0) is 32.7. The number of carbonyl (C=O) groups excluding carboxylic acids is 1. The van der Waals surface area contributed by atoms with E-state index in [2.05, 4.69) is 41.2 Å². The van der Waals surface area contributed by atoms with E-state index in [0.717, 1.165) is 63.4 Å². The normalized spacial score (nSPS) is 45.3. The SMILES string of the molecule is C=C(C)[C@@H]1CC[C@]2(C(=O)O)CC[C@]3(C)[C@H](CC[C@@H]4[C@@]5(C)CC[C@H](O)[C@@](C)(COC(=O)c6cccc([N+](=O)[O-])c6)[C@@H]5CC[C@]43C)[C@@H]12. The van der Waals surface area contributed by atoms with E-state index in [4.69, 9.17) is 4.74 Å². The van der Waals surface area contributed by atoms with Gasteiger partial charge in [0.2, 0.25) is 0 Å². The van der Waals surface area contributed by atoms with Crippen LogP contribution in [0.5, 0.6) is 0 Å². The van der Waals surface area contributed by atoms with Crippen molar-refractivity contribution in [3.8, 4) is 0 Å². The van der Waals surface area contributed by atoms with Gasteiger partial charge in [-0.2, -0.15) is 0 Å². The van der Waals surface area contributed by atoms with Crippen LogP contribution in [0.2, 0.25) is 0 Å². The molecule has 5 saturated carbocycles. The highest BCUT2D eigenvalue weighted by molar-refractivity contribution is 5.90. The zero-order valence-corrected chi connectivity index (χ0v) is 27.6. The molecule has 0 bridgehead atoms. The number of carboxylic acids is 1. The number of aliphatic hydroxyl groups excluding tert-OH is 1. The first-order chi connectivity index (χ1) is 21.0. The number of carbonyl (C=O) groups is 2. The third kappa shape index (κ3) is 4.40. The molecule has 6 rings (SSSR count). The Labute approximate surface area is 267 Å². The molecule has 0 saturated heterocycles. The molecule has 0 unspecified atom stereocenters. The van der Waals surface area contributed by atoms with Gasteiger partial charge in [0.1, 0.15) is 0 Å². The number of hydrogen-bond donors (Lipinski definition) is 2. The molecule has 246 valence electrons. The van der Waals surface area contributed by atoms with Crippen LogP contribution >= 0.6 is 0 Å². The van der Waals surface area contributed by atoms with Gasteiger partial charge in [0.15, 0.2) is 0 Å². The Bertz CT molecular complexity index is 1420. The lowest BCUT2D eigenvalue weighted by Crippen LogP contribution is -2.67. The number of ether oxygens (including phenoxy) is 1. The quantitative estimate of drug-likeness (QED) is 0.143. The van der Waals surface area contributed by atoms with Gasteiger partial charge in [0.25, 0.3) is 5.69 Å². The Hall–Kier alpha value is -2.74. The second-order valence-corrected chi connectivity index (χ2v) is 16.6. The topological polar surface area (TPSA) is 127 Å². The Morgan fingerprint density at radius 2 is 1.71 bits per heavy atom. The largest absolute Gasteiger partial charge is 0.481 e. The lowest BCUT2D eigenvalue weighted by Gasteiger charge is -2.72. The summed E-state index contributed by atoms with van der Waals surface area (Å²) in [7, 11) is 0. The molecular weight excluding hydrogens is 570 g/mol. The molecule has 5 aliphatic carbocycles. The molecule has 0 heterocycles. The molecule has 5 aliphatic rings. The van der Waals surface area contributed by atoms with Gasteiger partial charge in [-0.3, -0.25) is 14.9 Å². The summed E-state index contributed by atoms with van der Waals surface area (Å²) in [6.07, 6.45) is 8.22. The number of hydrogen-bond acceptors (Lipinski definition) is 6. The first-order valence-corrected chi connectivity index (χ1v) is 17.0. The second-order valence-electron chi connectivity index (χ2n) is 16.6. The minimum Gasteiger partial charge on any atom is -0.481 e. The fourth-order valence-electron chi connectivity index (χ4n) is 12.6. The van der Waals surface area contributed by atoms with Gasteiger partial charge in [-0.05, 0) is 123 Å². The van der Waals surface area contributed by atoms with Gasteiger partial charge in [-0.15, -0.1) is 0 Å². The number of allylic oxidation sites excluding steroid dienone is 1. The minimum atomic E-state index is -0.649. The summed E-state index contributed by atoms with van der Waals surface area (Å²) in [6, 6.07) is 5.60. The van der Waals surface area contributed by atoms with Crippen molar-refractivity contribution in [2.75, 3.05) is 6.61 Å². The van der Waals surface area contributed by atoms with Crippen LogP contribution in [0.15, 0.2) is 36.4 Å². The Kier molecular flexibility index (Phi) is 7.62. The van der Waals surface area contributed by atoms with E-state index < -0.39 is 33.8 Å². The highest BCUT2D eigenvalue weighted by atomic mass is 16.6. The van der Waals surface area contributed by atoms with Crippen LogP contribution in [-0.2, 0) is 9.53 Å². The fraction of sp³-hybridized carbons (Fsp3) is 0.730. The maximum atomic E-state index is 13.1. The van der Waals surface area contributed by atoms with Crippen molar-refractivity contribution in [1.29, 1.82) is 0 Å². The smallest absolute Gasteiger partial charge is 0.338 e. The highest BCUT2D eigenvalue weighted by Gasteiger charge is 2.72. The summed E-state index contributed by atoms with van der Waals surface area (Å²) in [6.45, 7) is 15.9. The molecule has 2 N–H and O–H groups in total. The maximum absolute atomic E-state index is 13.1. The van der Waals surface area contributed by atoms with Crippen molar-refractivity contribution in [1.82, 2.24) is 0 Å². The minimum absolute atomic E-state index is 0.00646. The van der Waals surface area contributed by atoms with Crippen LogP contribution in [0.25, 0.3) is 0 Å². The van der Waals surface area contributed by atoms with Crippen molar-refractivity contribution >= 4 is 17.6 Å². The summed E-state index contributed by atoms with van der Waals surface area (Å²) in [4.78, 5) is 36.8. The van der Waals surface area contributed by atoms with Crippen molar-refractivity contribution in [3.05, 3.63) is 52.1 Å². The number of aliphatic carboxylic acids is 1. The lowest BCUT2D eigenvalue weighted by atomic mass is 9.32. The predicted molar refractivity (Wildman–Crippen MR) is 170 cm³/mol. The Balaban J connectivity index is 1.29. The Morgan fingerprint density at radius 1 is 0.978 bits per heavy atom. The van der Waals surface area contributed by atoms with Crippen molar-refractivity contribution in [2.24, 2.45) is 56.7 Å². The van der Waals surface area contributed by atoms with Crippen LogP contribution in [-0.4, -0.2) is 39.8 Å². The van der Waals surface area contributed by atoms with Crippen LogP contribution < -0.4 is 0 Å². The molecule has 0 aliphatic heterocycles. The molecular formula is C37H51NO7. The molecule has 1 aromatic rings. The average Bonchev–Trinajstić information content (AvgIpc) is 3.40. The number of fused-ring (bicyclic) bond motifs is 7. The van der Waals surface area contributed by atoms with E-state index in [-0.39, 0.29) is 51.9 Å².